The van der Waals surface area contributed by atoms with Crippen molar-refractivity contribution in [1.29, 1.82) is 0 Å². The predicted octanol–water partition coefficient (Wildman–Crippen LogP) is 3.78. The van der Waals surface area contributed by atoms with E-state index in [1.54, 1.807) is 11.6 Å². The van der Waals surface area contributed by atoms with Gasteiger partial charge in [0.25, 0.3) is 0 Å². The number of fused-ring (bicyclic) bond motifs is 1. The molecule has 0 amide bonds. The molecule has 2 aromatic carbocycles. The second-order valence-electron chi connectivity index (χ2n) is 6.80. The number of benzene rings is 2. The Morgan fingerprint density at radius 1 is 1.14 bits per heavy atom. The van der Waals surface area contributed by atoms with E-state index < -0.39 is 0 Å². The zero-order valence-electron chi connectivity index (χ0n) is 15.9. The van der Waals surface area contributed by atoms with E-state index in [0.29, 0.717) is 18.1 Å². The van der Waals surface area contributed by atoms with Crippen molar-refractivity contribution >= 4 is 11.7 Å². The Kier molecular flexibility index (Phi) is 4.93. The first kappa shape index (κ1) is 18.0. The Hall–Kier alpha value is -3.41. The molecule has 1 N–H and O–H groups in total. The topological polar surface area (TPSA) is 69.0 Å². The Morgan fingerprint density at radius 2 is 1.89 bits per heavy atom. The number of carbonyl (C=O) groups is 1. The first-order valence-corrected chi connectivity index (χ1v) is 9.28. The zero-order valence-corrected chi connectivity index (χ0v) is 15.9. The van der Waals surface area contributed by atoms with Crippen LogP contribution in [0.3, 0.4) is 0 Å². The summed E-state index contributed by atoms with van der Waals surface area (Å²) in [7, 11) is 0. The summed E-state index contributed by atoms with van der Waals surface area (Å²) in [5.41, 5.74) is 3.71. The second-order valence-corrected chi connectivity index (χ2v) is 6.80. The molecule has 1 atom stereocenters. The number of ketones is 1. The molecule has 1 aliphatic heterocycles. The van der Waals surface area contributed by atoms with Crippen LogP contribution in [0.2, 0.25) is 0 Å². The normalized spacial score (nSPS) is 15.7. The lowest BCUT2D eigenvalue weighted by molar-refractivity contribution is -0.114. The summed E-state index contributed by atoms with van der Waals surface area (Å²) in [5, 5.41) is 7.46. The predicted molar refractivity (Wildman–Crippen MR) is 107 cm³/mol. The number of allylic oxidation sites excluding steroid dienone is 2. The number of ether oxygens (including phenoxy) is 1. The van der Waals surface area contributed by atoms with E-state index in [0.717, 1.165) is 23.4 Å². The van der Waals surface area contributed by atoms with Crippen LogP contribution in [0, 0.1) is 0 Å². The van der Waals surface area contributed by atoms with Gasteiger partial charge < -0.3 is 10.1 Å². The van der Waals surface area contributed by atoms with Crippen molar-refractivity contribution in [2.45, 2.75) is 26.3 Å². The largest absolute Gasteiger partial charge is 0.493 e. The number of carbonyl (C=O) groups excluding carboxylic acids is 1. The summed E-state index contributed by atoms with van der Waals surface area (Å²) in [6, 6.07) is 17.8. The maximum absolute atomic E-state index is 12.3. The number of hydrogen-bond acceptors (Lipinski definition) is 5. The lowest BCUT2D eigenvalue weighted by Gasteiger charge is -2.28. The molecular formula is C22H22N4O2. The lowest BCUT2D eigenvalue weighted by Crippen LogP contribution is -2.27. The second kappa shape index (κ2) is 7.68. The van der Waals surface area contributed by atoms with Gasteiger partial charge in [-0.3, -0.25) is 4.79 Å². The van der Waals surface area contributed by atoms with E-state index in [9.17, 15) is 4.79 Å². The third-order valence-corrected chi connectivity index (χ3v) is 4.87. The molecule has 0 spiro atoms. The van der Waals surface area contributed by atoms with Gasteiger partial charge in [-0.25, -0.2) is 4.68 Å². The van der Waals surface area contributed by atoms with Gasteiger partial charge in [0, 0.05) is 17.7 Å². The Labute approximate surface area is 163 Å². The maximum atomic E-state index is 12.3. The number of rotatable bonds is 6. The van der Waals surface area contributed by atoms with E-state index in [1.165, 1.54) is 11.9 Å². The van der Waals surface area contributed by atoms with E-state index in [4.69, 9.17) is 4.74 Å². The molecule has 1 aliphatic rings. The highest BCUT2D eigenvalue weighted by Gasteiger charge is 2.31. The monoisotopic (exact) mass is 374 g/mol. The van der Waals surface area contributed by atoms with Crippen LogP contribution in [-0.4, -0.2) is 27.2 Å². The van der Waals surface area contributed by atoms with Crippen molar-refractivity contribution in [3.8, 4) is 5.75 Å². The minimum atomic E-state index is -0.297. The number of nitrogens with one attached hydrogen (secondary N) is 1. The van der Waals surface area contributed by atoms with Gasteiger partial charge in [-0.05, 0) is 37.1 Å². The molecule has 4 rings (SSSR count). The van der Waals surface area contributed by atoms with Crippen LogP contribution in [-0.2, 0) is 11.2 Å². The maximum Gasteiger partial charge on any atom is 0.226 e. The van der Waals surface area contributed by atoms with Crippen LogP contribution in [0.25, 0.3) is 0 Å². The molecule has 1 aromatic heterocycles. The fraction of sp³-hybridized carbons (Fsp3) is 0.227. The molecule has 0 saturated carbocycles. The molecule has 6 heteroatoms. The Bertz CT molecular complexity index is 1010. The van der Waals surface area contributed by atoms with Crippen molar-refractivity contribution in [3.05, 3.63) is 83.3 Å². The van der Waals surface area contributed by atoms with Crippen LogP contribution >= 0.6 is 0 Å². The molecule has 2 heterocycles. The van der Waals surface area contributed by atoms with Crippen molar-refractivity contribution in [3.63, 3.8) is 0 Å². The molecule has 1 unspecified atom stereocenters. The van der Waals surface area contributed by atoms with Crippen molar-refractivity contribution in [2.75, 3.05) is 11.9 Å². The van der Waals surface area contributed by atoms with Gasteiger partial charge in [-0.2, -0.15) is 10.1 Å². The molecule has 0 saturated heterocycles. The van der Waals surface area contributed by atoms with Crippen LogP contribution < -0.4 is 10.1 Å². The number of aromatic nitrogens is 3. The summed E-state index contributed by atoms with van der Waals surface area (Å²) >= 11 is 0. The molecule has 3 aromatic rings. The van der Waals surface area contributed by atoms with Crippen LogP contribution in [0.5, 0.6) is 5.75 Å². The van der Waals surface area contributed by atoms with Crippen molar-refractivity contribution in [1.82, 2.24) is 14.8 Å². The van der Waals surface area contributed by atoms with Gasteiger partial charge in [0.2, 0.25) is 5.95 Å². The van der Waals surface area contributed by atoms with Gasteiger partial charge in [0.15, 0.2) is 5.78 Å². The third-order valence-electron chi connectivity index (χ3n) is 4.87. The SMILES string of the molecule is CC(=O)C1=C(C)Nc2ncnn2C1c1ccc(OCCc2ccccc2)cc1. The van der Waals surface area contributed by atoms with E-state index in [1.807, 2.05) is 49.4 Å². The standard InChI is InChI=1S/C22H22N4O2/c1-15-20(16(2)27)21(26-22(25-15)23-14-24-26)18-8-10-19(11-9-18)28-13-12-17-6-4-3-5-7-17/h3-11,14,21H,12-13H2,1-2H3,(H,23,24,25). The van der Waals surface area contributed by atoms with Gasteiger partial charge in [-0.1, -0.05) is 42.5 Å². The summed E-state index contributed by atoms with van der Waals surface area (Å²) < 4.78 is 7.62. The zero-order chi connectivity index (χ0) is 19.5. The van der Waals surface area contributed by atoms with Crippen molar-refractivity contribution in [2.24, 2.45) is 0 Å². The summed E-state index contributed by atoms with van der Waals surface area (Å²) in [6.07, 6.45) is 2.35. The quantitative estimate of drug-likeness (QED) is 0.711. The van der Waals surface area contributed by atoms with Gasteiger partial charge in [0.1, 0.15) is 18.1 Å². The van der Waals surface area contributed by atoms with E-state index in [2.05, 4.69) is 27.5 Å². The van der Waals surface area contributed by atoms with Crippen molar-refractivity contribution < 1.29 is 9.53 Å². The number of hydrogen-bond donors (Lipinski definition) is 1. The third kappa shape index (κ3) is 3.53. The average Bonchev–Trinajstić information content (AvgIpc) is 3.16. The minimum Gasteiger partial charge on any atom is -0.493 e. The van der Waals surface area contributed by atoms with Crippen LogP contribution in [0.1, 0.15) is 31.0 Å². The van der Waals surface area contributed by atoms with Gasteiger partial charge in [0.05, 0.1) is 6.61 Å². The first-order chi connectivity index (χ1) is 13.6. The van der Waals surface area contributed by atoms with Gasteiger partial charge >= 0.3 is 0 Å². The van der Waals surface area contributed by atoms with E-state index in [-0.39, 0.29) is 11.8 Å². The molecule has 28 heavy (non-hydrogen) atoms. The summed E-state index contributed by atoms with van der Waals surface area (Å²) in [5.74, 6) is 1.45. The van der Waals surface area contributed by atoms with Gasteiger partial charge in [-0.15, -0.1) is 0 Å². The highest BCUT2D eigenvalue weighted by molar-refractivity contribution is 5.96. The molecule has 0 bridgehead atoms. The Morgan fingerprint density at radius 3 is 2.61 bits per heavy atom. The fourth-order valence-electron chi connectivity index (χ4n) is 3.53. The minimum absolute atomic E-state index is 0.0133. The molecule has 6 nitrogen and oxygen atoms in total. The molecule has 0 aliphatic carbocycles. The molecular weight excluding hydrogens is 352 g/mol. The smallest absolute Gasteiger partial charge is 0.226 e. The average molecular weight is 374 g/mol. The van der Waals surface area contributed by atoms with E-state index >= 15 is 0 Å². The number of Topliss-reactive ketones (excluding diaryl/α,β-unsaturated/α-hetero) is 1. The molecule has 0 fully saturated rings. The first-order valence-electron chi connectivity index (χ1n) is 9.28. The number of nitrogens with zero attached hydrogens (tertiary/aromatic N) is 3. The van der Waals surface area contributed by atoms with Crippen LogP contribution in [0.15, 0.2) is 72.2 Å². The molecule has 142 valence electrons. The highest BCUT2D eigenvalue weighted by atomic mass is 16.5. The molecule has 0 radical (unpaired) electrons. The summed E-state index contributed by atoms with van der Waals surface area (Å²) in [4.78, 5) is 16.5. The number of anilines is 1. The van der Waals surface area contributed by atoms with Crippen LogP contribution in [0.4, 0.5) is 5.95 Å². The fourth-order valence-corrected chi connectivity index (χ4v) is 3.53. The lowest BCUT2D eigenvalue weighted by atomic mass is 9.93. The summed E-state index contributed by atoms with van der Waals surface area (Å²) in [6.45, 7) is 4.08. The highest BCUT2D eigenvalue weighted by Crippen LogP contribution is 2.35. The Balaban J connectivity index is 1.52.